The second kappa shape index (κ2) is 6.33. The molecule has 1 amide bonds. The molecule has 2 heterocycles. The zero-order chi connectivity index (χ0) is 13.7. The number of carbonyl (C=O) groups excluding carboxylic acids is 1. The van der Waals surface area contributed by atoms with Crippen molar-refractivity contribution in [1.29, 1.82) is 0 Å². The first-order valence-electron chi connectivity index (χ1n) is 6.26. The third-order valence-corrected chi connectivity index (χ3v) is 3.71. The summed E-state index contributed by atoms with van der Waals surface area (Å²) in [5.74, 6) is 0.591. The highest BCUT2D eigenvalue weighted by molar-refractivity contribution is 7.10. The first-order chi connectivity index (χ1) is 9.20. The molecule has 1 atom stereocenters. The van der Waals surface area contributed by atoms with E-state index in [2.05, 4.69) is 24.3 Å². The fourth-order valence-electron chi connectivity index (χ4n) is 1.65. The standard InChI is InChI=1S/C14H17N3OS/c1-3-11(2)17-13(8-9-15-17)16-14(18)7-6-12-5-4-10-19-12/h4-11H,3H2,1-2H3,(H,16,18)/b7-6+. The van der Waals surface area contributed by atoms with Gasteiger partial charge in [0, 0.05) is 17.0 Å². The zero-order valence-corrected chi connectivity index (χ0v) is 11.9. The van der Waals surface area contributed by atoms with Gasteiger partial charge in [0.1, 0.15) is 5.82 Å². The SMILES string of the molecule is CCC(C)n1nccc1NC(=O)/C=C/c1cccs1. The van der Waals surface area contributed by atoms with E-state index in [1.807, 2.05) is 34.3 Å². The van der Waals surface area contributed by atoms with Crippen LogP contribution in [-0.4, -0.2) is 15.7 Å². The molecule has 2 aromatic heterocycles. The van der Waals surface area contributed by atoms with Gasteiger partial charge in [0.15, 0.2) is 0 Å². The topological polar surface area (TPSA) is 46.9 Å². The normalized spacial score (nSPS) is 12.7. The molecule has 0 aliphatic rings. The fourth-order valence-corrected chi connectivity index (χ4v) is 2.27. The van der Waals surface area contributed by atoms with Crippen molar-refractivity contribution in [2.24, 2.45) is 0 Å². The van der Waals surface area contributed by atoms with Crippen LogP contribution in [0.1, 0.15) is 31.2 Å². The quantitative estimate of drug-likeness (QED) is 0.848. The van der Waals surface area contributed by atoms with Crippen molar-refractivity contribution < 1.29 is 4.79 Å². The van der Waals surface area contributed by atoms with Crippen molar-refractivity contribution in [3.8, 4) is 0 Å². The lowest BCUT2D eigenvalue weighted by atomic mass is 10.3. The third-order valence-electron chi connectivity index (χ3n) is 2.87. The van der Waals surface area contributed by atoms with Crippen molar-refractivity contribution in [3.63, 3.8) is 0 Å². The van der Waals surface area contributed by atoms with Crippen LogP contribution in [0.4, 0.5) is 5.82 Å². The van der Waals surface area contributed by atoms with Gasteiger partial charge < -0.3 is 5.32 Å². The third kappa shape index (κ3) is 3.54. The Bertz CT molecular complexity index is 557. The lowest BCUT2D eigenvalue weighted by molar-refractivity contribution is -0.111. The molecular formula is C14H17N3OS. The lowest BCUT2D eigenvalue weighted by Gasteiger charge is -2.13. The molecule has 0 bridgehead atoms. The van der Waals surface area contributed by atoms with Crippen LogP contribution in [0.3, 0.4) is 0 Å². The number of nitrogens with one attached hydrogen (secondary N) is 1. The van der Waals surface area contributed by atoms with Crippen LogP contribution in [0, 0.1) is 0 Å². The van der Waals surface area contributed by atoms with Gasteiger partial charge in [0.05, 0.1) is 12.2 Å². The summed E-state index contributed by atoms with van der Waals surface area (Å²) in [6.07, 6.45) is 6.02. The van der Waals surface area contributed by atoms with Crippen molar-refractivity contribution >= 4 is 29.1 Å². The Hall–Kier alpha value is -1.88. The van der Waals surface area contributed by atoms with Crippen molar-refractivity contribution in [2.75, 3.05) is 5.32 Å². The van der Waals surface area contributed by atoms with Gasteiger partial charge in [0.2, 0.25) is 5.91 Å². The number of hydrogen-bond acceptors (Lipinski definition) is 3. The highest BCUT2D eigenvalue weighted by atomic mass is 32.1. The second-order valence-electron chi connectivity index (χ2n) is 4.26. The molecule has 0 fully saturated rings. The van der Waals surface area contributed by atoms with Crippen LogP contribution >= 0.6 is 11.3 Å². The molecule has 2 aromatic rings. The average molecular weight is 275 g/mol. The molecule has 19 heavy (non-hydrogen) atoms. The molecule has 0 radical (unpaired) electrons. The van der Waals surface area contributed by atoms with Crippen LogP contribution < -0.4 is 5.32 Å². The molecule has 0 saturated heterocycles. The smallest absolute Gasteiger partial charge is 0.249 e. The summed E-state index contributed by atoms with van der Waals surface area (Å²) < 4.78 is 1.83. The number of rotatable bonds is 5. The summed E-state index contributed by atoms with van der Waals surface area (Å²) in [5, 5.41) is 9.06. The van der Waals surface area contributed by atoms with Gasteiger partial charge in [-0.05, 0) is 30.9 Å². The van der Waals surface area contributed by atoms with Crippen molar-refractivity contribution in [2.45, 2.75) is 26.3 Å². The first kappa shape index (κ1) is 13.5. The Morgan fingerprint density at radius 2 is 2.42 bits per heavy atom. The Morgan fingerprint density at radius 3 is 3.11 bits per heavy atom. The van der Waals surface area contributed by atoms with Crippen LogP contribution in [0.5, 0.6) is 0 Å². The van der Waals surface area contributed by atoms with Crippen LogP contribution in [0.25, 0.3) is 6.08 Å². The van der Waals surface area contributed by atoms with E-state index >= 15 is 0 Å². The molecule has 2 rings (SSSR count). The van der Waals surface area contributed by atoms with E-state index in [0.717, 1.165) is 17.1 Å². The maximum atomic E-state index is 11.8. The molecule has 1 N–H and O–H groups in total. The van der Waals surface area contributed by atoms with Gasteiger partial charge in [-0.3, -0.25) is 4.79 Å². The van der Waals surface area contributed by atoms with Gasteiger partial charge in [-0.25, -0.2) is 4.68 Å². The van der Waals surface area contributed by atoms with E-state index in [4.69, 9.17) is 0 Å². The Morgan fingerprint density at radius 1 is 1.58 bits per heavy atom. The molecule has 0 aliphatic heterocycles. The van der Waals surface area contributed by atoms with Crippen molar-refractivity contribution in [1.82, 2.24) is 9.78 Å². The molecule has 5 heteroatoms. The minimum absolute atomic E-state index is 0.140. The van der Waals surface area contributed by atoms with Crippen molar-refractivity contribution in [3.05, 3.63) is 40.7 Å². The molecule has 1 unspecified atom stereocenters. The number of thiophene rings is 1. The maximum absolute atomic E-state index is 11.8. The Balaban J connectivity index is 2.01. The van der Waals surface area contributed by atoms with Crippen LogP contribution in [0.15, 0.2) is 35.9 Å². The monoisotopic (exact) mass is 275 g/mol. The van der Waals surface area contributed by atoms with Gasteiger partial charge in [0.25, 0.3) is 0 Å². The van der Waals surface area contributed by atoms with Crippen LogP contribution in [-0.2, 0) is 4.79 Å². The summed E-state index contributed by atoms with van der Waals surface area (Å²) in [5.41, 5.74) is 0. The predicted octanol–water partition coefficient (Wildman–Crippen LogP) is 3.57. The summed E-state index contributed by atoms with van der Waals surface area (Å²) >= 11 is 1.60. The maximum Gasteiger partial charge on any atom is 0.249 e. The molecular weight excluding hydrogens is 258 g/mol. The summed E-state index contributed by atoms with van der Waals surface area (Å²) in [7, 11) is 0. The van der Waals surface area contributed by atoms with E-state index in [1.165, 1.54) is 0 Å². The van der Waals surface area contributed by atoms with Gasteiger partial charge in [-0.2, -0.15) is 5.10 Å². The summed E-state index contributed by atoms with van der Waals surface area (Å²) in [6.45, 7) is 4.17. The molecule has 0 saturated carbocycles. The predicted molar refractivity (Wildman–Crippen MR) is 79.2 cm³/mol. The molecule has 0 aromatic carbocycles. The van der Waals surface area contributed by atoms with Gasteiger partial charge in [-0.15, -0.1) is 11.3 Å². The second-order valence-corrected chi connectivity index (χ2v) is 5.24. The molecule has 4 nitrogen and oxygen atoms in total. The largest absolute Gasteiger partial charge is 0.307 e. The number of amides is 1. The van der Waals surface area contributed by atoms with E-state index in [-0.39, 0.29) is 11.9 Å². The molecule has 0 aliphatic carbocycles. The summed E-state index contributed by atoms with van der Waals surface area (Å²) in [4.78, 5) is 12.9. The summed E-state index contributed by atoms with van der Waals surface area (Å²) in [6, 6.07) is 6.01. The number of anilines is 1. The minimum Gasteiger partial charge on any atom is -0.307 e. The van der Waals surface area contributed by atoms with E-state index in [1.54, 1.807) is 23.6 Å². The first-order valence-corrected chi connectivity index (χ1v) is 7.14. The number of hydrogen-bond donors (Lipinski definition) is 1. The Labute approximate surface area is 116 Å². The average Bonchev–Trinajstić information content (AvgIpc) is 3.06. The number of nitrogens with zero attached hydrogens (tertiary/aromatic N) is 2. The Kier molecular flexibility index (Phi) is 4.52. The van der Waals surface area contributed by atoms with Gasteiger partial charge >= 0.3 is 0 Å². The fraction of sp³-hybridized carbons (Fsp3) is 0.286. The van der Waals surface area contributed by atoms with Crippen LogP contribution in [0.2, 0.25) is 0 Å². The van der Waals surface area contributed by atoms with E-state index < -0.39 is 0 Å². The zero-order valence-electron chi connectivity index (χ0n) is 11.0. The lowest BCUT2D eigenvalue weighted by Crippen LogP contribution is -2.15. The molecule has 100 valence electrons. The number of aromatic nitrogens is 2. The number of carbonyl (C=O) groups is 1. The minimum atomic E-state index is -0.140. The highest BCUT2D eigenvalue weighted by Crippen LogP contribution is 2.16. The molecule has 0 spiro atoms. The van der Waals surface area contributed by atoms with E-state index in [9.17, 15) is 4.79 Å². The van der Waals surface area contributed by atoms with E-state index in [0.29, 0.717) is 0 Å². The highest BCUT2D eigenvalue weighted by Gasteiger charge is 2.09. The van der Waals surface area contributed by atoms with Gasteiger partial charge in [-0.1, -0.05) is 13.0 Å².